The molecule has 0 radical (unpaired) electrons. The second-order valence-electron chi connectivity index (χ2n) is 3.33. The van der Waals surface area contributed by atoms with Crippen LogP contribution in [-0.2, 0) is 6.61 Å². The number of nitrogens with one attached hydrogen (secondary N) is 1. The van der Waals surface area contributed by atoms with Crippen LogP contribution in [0.4, 0.5) is 5.00 Å². The van der Waals surface area contributed by atoms with Crippen molar-refractivity contribution in [2.45, 2.75) is 13.5 Å². The molecule has 1 N–H and O–H groups in total. The lowest BCUT2D eigenvalue weighted by molar-refractivity contribution is 0.302. The van der Waals surface area contributed by atoms with Crippen molar-refractivity contribution >= 4 is 28.1 Å². The Labute approximate surface area is 109 Å². The van der Waals surface area contributed by atoms with Crippen LogP contribution >= 0.6 is 23.1 Å². The minimum absolute atomic E-state index is 0.388. The number of nitrogens with zero attached hydrogens (tertiary/aromatic N) is 2. The Morgan fingerprint density at radius 3 is 3.12 bits per heavy atom. The van der Waals surface area contributed by atoms with Gasteiger partial charge in [0, 0.05) is 23.1 Å². The minimum atomic E-state index is 0.388. The van der Waals surface area contributed by atoms with E-state index in [9.17, 15) is 0 Å². The average molecular weight is 270 g/mol. The van der Waals surface area contributed by atoms with E-state index in [0.717, 1.165) is 23.0 Å². The number of halogens is 1. The molecule has 0 amide bonds. The van der Waals surface area contributed by atoms with Crippen molar-refractivity contribution in [3.63, 3.8) is 0 Å². The minimum Gasteiger partial charge on any atom is -0.487 e. The predicted octanol–water partition coefficient (Wildman–Crippen LogP) is 3.20. The second kappa shape index (κ2) is 5.84. The van der Waals surface area contributed by atoms with Gasteiger partial charge in [0.2, 0.25) is 0 Å². The molecule has 4 nitrogen and oxygen atoms in total. The summed E-state index contributed by atoms with van der Waals surface area (Å²) in [6, 6.07) is 7.29. The number of ether oxygens (including phenoxy) is 1. The molecule has 6 heteroatoms. The van der Waals surface area contributed by atoms with E-state index in [1.54, 1.807) is 6.07 Å². The van der Waals surface area contributed by atoms with E-state index in [-0.39, 0.29) is 0 Å². The summed E-state index contributed by atoms with van der Waals surface area (Å²) < 4.78 is 9.49. The van der Waals surface area contributed by atoms with Crippen molar-refractivity contribution in [3.8, 4) is 5.75 Å². The lowest BCUT2D eigenvalue weighted by Gasteiger charge is -2.06. The van der Waals surface area contributed by atoms with Crippen LogP contribution in [0.2, 0.25) is 5.02 Å². The smallest absolute Gasteiger partial charge is 0.136 e. The molecule has 1 aromatic heterocycles. The Kier molecular flexibility index (Phi) is 4.17. The normalized spacial score (nSPS) is 10.2. The van der Waals surface area contributed by atoms with Gasteiger partial charge in [-0.15, -0.1) is 5.10 Å². The SMILES string of the molecule is CCNc1snnc1COc1cccc(Cl)c1. The summed E-state index contributed by atoms with van der Waals surface area (Å²) in [6.07, 6.45) is 0. The van der Waals surface area contributed by atoms with Crippen molar-refractivity contribution in [3.05, 3.63) is 35.0 Å². The molecule has 2 aromatic rings. The van der Waals surface area contributed by atoms with Gasteiger partial charge in [0.25, 0.3) is 0 Å². The molecule has 0 aliphatic rings. The van der Waals surface area contributed by atoms with Crippen LogP contribution in [0.1, 0.15) is 12.6 Å². The fourth-order valence-corrected chi connectivity index (χ4v) is 2.12. The molecule has 0 saturated heterocycles. The fraction of sp³-hybridized carbons (Fsp3) is 0.273. The molecule has 0 atom stereocenters. The highest BCUT2D eigenvalue weighted by Gasteiger charge is 2.07. The third-order valence-electron chi connectivity index (χ3n) is 2.06. The van der Waals surface area contributed by atoms with Crippen LogP contribution in [-0.4, -0.2) is 16.1 Å². The van der Waals surface area contributed by atoms with Gasteiger partial charge in [-0.05, 0) is 25.1 Å². The maximum Gasteiger partial charge on any atom is 0.136 e. The van der Waals surface area contributed by atoms with E-state index in [4.69, 9.17) is 16.3 Å². The van der Waals surface area contributed by atoms with Crippen molar-refractivity contribution in [1.82, 2.24) is 9.59 Å². The van der Waals surface area contributed by atoms with Crippen LogP contribution < -0.4 is 10.1 Å². The molecule has 0 spiro atoms. The highest BCUT2D eigenvalue weighted by atomic mass is 35.5. The maximum atomic E-state index is 5.87. The van der Waals surface area contributed by atoms with Crippen molar-refractivity contribution < 1.29 is 4.74 Å². The highest BCUT2D eigenvalue weighted by molar-refractivity contribution is 7.10. The lowest BCUT2D eigenvalue weighted by atomic mass is 10.3. The molecule has 0 saturated carbocycles. The second-order valence-corrected chi connectivity index (χ2v) is 4.52. The largest absolute Gasteiger partial charge is 0.487 e. The van der Waals surface area contributed by atoms with E-state index in [1.165, 1.54) is 11.5 Å². The van der Waals surface area contributed by atoms with Crippen LogP contribution in [0.25, 0.3) is 0 Å². The van der Waals surface area contributed by atoms with Crippen LogP contribution in [0.3, 0.4) is 0 Å². The monoisotopic (exact) mass is 269 g/mol. The van der Waals surface area contributed by atoms with Gasteiger partial charge >= 0.3 is 0 Å². The molecule has 0 unspecified atom stereocenters. The molecular weight excluding hydrogens is 258 g/mol. The Morgan fingerprint density at radius 1 is 1.47 bits per heavy atom. The van der Waals surface area contributed by atoms with E-state index in [1.807, 2.05) is 25.1 Å². The molecule has 0 aliphatic carbocycles. The standard InChI is InChI=1S/C11H12ClN3OS/c1-2-13-11-10(14-15-17-11)7-16-9-5-3-4-8(12)6-9/h3-6,13H,2,7H2,1H3. The zero-order valence-electron chi connectivity index (χ0n) is 9.31. The topological polar surface area (TPSA) is 47.0 Å². The number of aromatic nitrogens is 2. The summed E-state index contributed by atoms with van der Waals surface area (Å²) in [6.45, 7) is 3.26. The number of rotatable bonds is 5. The summed E-state index contributed by atoms with van der Waals surface area (Å²) in [5.74, 6) is 0.730. The number of hydrogen-bond donors (Lipinski definition) is 1. The molecule has 0 aliphatic heterocycles. The summed E-state index contributed by atoms with van der Waals surface area (Å²) >= 11 is 7.20. The van der Waals surface area contributed by atoms with Gasteiger partial charge in [-0.3, -0.25) is 0 Å². The summed E-state index contributed by atoms with van der Waals surface area (Å²) in [7, 11) is 0. The molecule has 1 aromatic carbocycles. The Morgan fingerprint density at radius 2 is 2.35 bits per heavy atom. The Hall–Kier alpha value is -1.33. The average Bonchev–Trinajstić information content (AvgIpc) is 2.75. The van der Waals surface area contributed by atoms with Gasteiger partial charge in [0.1, 0.15) is 23.1 Å². The molecule has 0 fully saturated rings. The Bertz CT molecular complexity index is 489. The fourth-order valence-electron chi connectivity index (χ4n) is 1.31. The first-order valence-electron chi connectivity index (χ1n) is 5.23. The zero-order valence-corrected chi connectivity index (χ0v) is 10.9. The Balaban J connectivity index is 1.99. The highest BCUT2D eigenvalue weighted by Crippen LogP contribution is 2.21. The van der Waals surface area contributed by atoms with E-state index in [0.29, 0.717) is 11.6 Å². The number of anilines is 1. The first-order chi connectivity index (χ1) is 8.29. The molecule has 90 valence electrons. The van der Waals surface area contributed by atoms with Gasteiger partial charge in [-0.25, -0.2) is 0 Å². The summed E-state index contributed by atoms with van der Waals surface area (Å²) in [5.41, 5.74) is 0.817. The first kappa shape index (κ1) is 12.1. The maximum absolute atomic E-state index is 5.87. The van der Waals surface area contributed by atoms with Crippen molar-refractivity contribution in [2.75, 3.05) is 11.9 Å². The molecule has 1 heterocycles. The van der Waals surface area contributed by atoms with Gasteiger partial charge in [-0.2, -0.15) is 0 Å². The molecular formula is C11H12ClN3OS. The predicted molar refractivity (Wildman–Crippen MR) is 69.9 cm³/mol. The first-order valence-corrected chi connectivity index (χ1v) is 6.38. The van der Waals surface area contributed by atoms with E-state index < -0.39 is 0 Å². The van der Waals surface area contributed by atoms with Crippen molar-refractivity contribution in [1.29, 1.82) is 0 Å². The summed E-state index contributed by atoms with van der Waals surface area (Å²) in [4.78, 5) is 0. The van der Waals surface area contributed by atoms with Gasteiger partial charge in [-0.1, -0.05) is 22.2 Å². The molecule has 2 rings (SSSR count). The lowest BCUT2D eigenvalue weighted by Crippen LogP contribution is -2.02. The van der Waals surface area contributed by atoms with Gasteiger partial charge in [0.15, 0.2) is 0 Å². The van der Waals surface area contributed by atoms with E-state index >= 15 is 0 Å². The third-order valence-corrected chi connectivity index (χ3v) is 3.03. The summed E-state index contributed by atoms with van der Waals surface area (Å²) in [5, 5.41) is 8.82. The van der Waals surface area contributed by atoms with Crippen LogP contribution in [0.15, 0.2) is 24.3 Å². The van der Waals surface area contributed by atoms with Gasteiger partial charge < -0.3 is 10.1 Å². The van der Waals surface area contributed by atoms with Crippen molar-refractivity contribution in [2.24, 2.45) is 0 Å². The third kappa shape index (κ3) is 3.31. The number of hydrogen-bond acceptors (Lipinski definition) is 5. The van der Waals surface area contributed by atoms with Crippen LogP contribution in [0, 0.1) is 0 Å². The molecule has 0 bridgehead atoms. The number of benzene rings is 1. The van der Waals surface area contributed by atoms with Gasteiger partial charge in [0.05, 0.1) is 0 Å². The van der Waals surface area contributed by atoms with E-state index in [2.05, 4.69) is 14.9 Å². The zero-order chi connectivity index (χ0) is 12.1. The van der Waals surface area contributed by atoms with Crippen LogP contribution in [0.5, 0.6) is 5.75 Å². The quantitative estimate of drug-likeness (QED) is 0.905. The molecule has 17 heavy (non-hydrogen) atoms.